The molecule has 0 radical (unpaired) electrons. The van der Waals surface area contributed by atoms with Gasteiger partial charge < -0.3 is 5.11 Å². The van der Waals surface area contributed by atoms with Gasteiger partial charge in [-0.1, -0.05) is 70.1 Å². The molecule has 1 N–H and O–H groups in total. The molecule has 134 valence electrons. The highest BCUT2D eigenvalue weighted by Crippen LogP contribution is 2.42. The first-order valence-electron chi connectivity index (χ1n) is 7.31. The summed E-state index contributed by atoms with van der Waals surface area (Å²) < 4.78 is 0. The van der Waals surface area contributed by atoms with E-state index in [9.17, 15) is 9.90 Å². The van der Waals surface area contributed by atoms with E-state index in [2.05, 4.69) is 4.98 Å². The molecule has 3 rings (SSSR count). The molecule has 1 aromatic heterocycles. The van der Waals surface area contributed by atoms with Gasteiger partial charge in [-0.05, 0) is 31.0 Å². The van der Waals surface area contributed by atoms with Crippen molar-refractivity contribution in [3.63, 3.8) is 0 Å². The lowest BCUT2D eigenvalue weighted by molar-refractivity contribution is 0.477. The molecule has 0 atom stereocenters. The molecule has 0 aliphatic carbocycles. The Bertz CT molecular complexity index is 1150. The van der Waals surface area contributed by atoms with Gasteiger partial charge in [0.1, 0.15) is 15.8 Å². The fourth-order valence-corrected chi connectivity index (χ4v) is 3.67. The van der Waals surface area contributed by atoms with Crippen LogP contribution in [0.15, 0.2) is 23.0 Å². The van der Waals surface area contributed by atoms with Crippen molar-refractivity contribution in [2.45, 2.75) is 13.8 Å². The number of benzene rings is 1. The topological polar surface area (TPSA) is 50.2 Å². The lowest BCUT2D eigenvalue weighted by atomic mass is 10.0. The van der Waals surface area contributed by atoms with Crippen LogP contribution in [0.5, 0.6) is 5.75 Å². The van der Waals surface area contributed by atoms with Gasteiger partial charge in [-0.2, -0.15) is 0 Å². The quantitative estimate of drug-likeness (QED) is 0.442. The molecule has 0 saturated carbocycles. The van der Waals surface area contributed by atoms with Crippen molar-refractivity contribution in [2.75, 3.05) is 0 Å². The third-order valence-corrected chi connectivity index (χ3v) is 6.25. The SMILES string of the molecule is Cc1ccc2c(Cl)cc(-c3c(O)c(Cl)c(Cl)c(Cl)c(Cl)c3=O)nc2c1C. The zero-order valence-corrected chi connectivity index (χ0v) is 17.2. The summed E-state index contributed by atoms with van der Waals surface area (Å²) in [6.45, 7) is 3.82. The van der Waals surface area contributed by atoms with Crippen LogP contribution in [0.2, 0.25) is 25.1 Å². The smallest absolute Gasteiger partial charge is 0.211 e. The Labute approximate surface area is 174 Å². The molecule has 1 heterocycles. The molecule has 0 amide bonds. The van der Waals surface area contributed by atoms with Gasteiger partial charge in [-0.15, -0.1) is 0 Å². The first kappa shape index (κ1) is 19.5. The van der Waals surface area contributed by atoms with E-state index in [4.69, 9.17) is 58.0 Å². The van der Waals surface area contributed by atoms with E-state index in [1.54, 1.807) is 0 Å². The number of pyridine rings is 1. The molecule has 8 heteroatoms. The van der Waals surface area contributed by atoms with Crippen molar-refractivity contribution < 1.29 is 5.11 Å². The van der Waals surface area contributed by atoms with Crippen LogP contribution in [0.25, 0.3) is 22.2 Å². The number of halogens is 5. The predicted molar refractivity (Wildman–Crippen MR) is 110 cm³/mol. The maximum atomic E-state index is 12.7. The Kier molecular flexibility index (Phi) is 5.31. The highest BCUT2D eigenvalue weighted by Gasteiger charge is 2.22. The fourth-order valence-electron chi connectivity index (χ4n) is 2.58. The highest BCUT2D eigenvalue weighted by molar-refractivity contribution is 6.52. The van der Waals surface area contributed by atoms with E-state index in [1.807, 2.05) is 26.0 Å². The van der Waals surface area contributed by atoms with Crippen molar-refractivity contribution >= 4 is 68.9 Å². The molecule has 3 aromatic rings. The summed E-state index contributed by atoms with van der Waals surface area (Å²) in [4.78, 5) is 17.2. The second-order valence-corrected chi connectivity index (χ2v) is 7.62. The summed E-state index contributed by atoms with van der Waals surface area (Å²) in [5.41, 5.74) is 1.64. The summed E-state index contributed by atoms with van der Waals surface area (Å²) in [6, 6.07) is 5.23. The van der Waals surface area contributed by atoms with Crippen molar-refractivity contribution in [2.24, 2.45) is 0 Å². The van der Waals surface area contributed by atoms with E-state index < -0.39 is 11.2 Å². The van der Waals surface area contributed by atoms with Gasteiger partial charge in [0, 0.05) is 5.39 Å². The Morgan fingerprint density at radius 1 is 0.923 bits per heavy atom. The number of nitrogens with zero attached hydrogens (tertiary/aromatic N) is 1. The van der Waals surface area contributed by atoms with E-state index in [-0.39, 0.29) is 31.3 Å². The molecular weight excluding hydrogens is 439 g/mol. The van der Waals surface area contributed by atoms with E-state index in [0.29, 0.717) is 10.5 Å². The van der Waals surface area contributed by atoms with Gasteiger partial charge >= 0.3 is 0 Å². The van der Waals surface area contributed by atoms with Crippen LogP contribution in [0.3, 0.4) is 0 Å². The third kappa shape index (κ3) is 3.02. The molecule has 26 heavy (non-hydrogen) atoms. The van der Waals surface area contributed by atoms with Gasteiger partial charge in [-0.25, -0.2) is 4.98 Å². The minimum absolute atomic E-state index is 0.117. The number of hydrogen-bond acceptors (Lipinski definition) is 3. The molecular formula is C18H10Cl5NO2. The van der Waals surface area contributed by atoms with Crippen LogP contribution in [0.4, 0.5) is 0 Å². The number of rotatable bonds is 1. The van der Waals surface area contributed by atoms with E-state index in [1.165, 1.54) is 6.07 Å². The average Bonchev–Trinajstić information content (AvgIpc) is 2.66. The monoisotopic (exact) mass is 447 g/mol. The zero-order valence-electron chi connectivity index (χ0n) is 13.4. The van der Waals surface area contributed by atoms with Crippen molar-refractivity contribution in [3.8, 4) is 17.0 Å². The van der Waals surface area contributed by atoms with Gasteiger partial charge in [0.15, 0.2) is 0 Å². The number of aromatic hydroxyl groups is 1. The van der Waals surface area contributed by atoms with Crippen LogP contribution in [0.1, 0.15) is 11.1 Å². The molecule has 0 spiro atoms. The maximum Gasteiger partial charge on any atom is 0.211 e. The molecule has 0 unspecified atom stereocenters. The Morgan fingerprint density at radius 2 is 1.54 bits per heavy atom. The summed E-state index contributed by atoms with van der Waals surface area (Å²) in [5, 5.41) is 10.4. The largest absolute Gasteiger partial charge is 0.505 e. The molecule has 3 nitrogen and oxygen atoms in total. The highest BCUT2D eigenvalue weighted by atomic mass is 35.5. The summed E-state index contributed by atoms with van der Waals surface area (Å²) >= 11 is 30.4. The Morgan fingerprint density at radius 3 is 2.19 bits per heavy atom. The van der Waals surface area contributed by atoms with Crippen molar-refractivity contribution in [3.05, 3.63) is 64.7 Å². The standard InChI is InChI=1S/C18H10Cl5NO2/c1-6-3-4-8-9(19)5-10(24-16(8)7(6)2)11-17(25)14(22)12(20)13(21)15(23)18(11)26/h3-5,25H,1-2H3. The minimum atomic E-state index is -0.754. The lowest BCUT2D eigenvalue weighted by Gasteiger charge is -2.10. The number of fused-ring (bicyclic) bond motifs is 1. The second-order valence-electron chi connectivity index (χ2n) is 5.70. The molecule has 2 aromatic carbocycles. The predicted octanol–water partition coefficient (Wildman–Crippen LogP) is 6.85. The minimum Gasteiger partial charge on any atom is -0.505 e. The van der Waals surface area contributed by atoms with Crippen LogP contribution in [-0.4, -0.2) is 10.1 Å². The summed E-state index contributed by atoms with van der Waals surface area (Å²) in [7, 11) is 0. The van der Waals surface area contributed by atoms with Crippen molar-refractivity contribution in [1.82, 2.24) is 4.98 Å². The summed E-state index contributed by atoms with van der Waals surface area (Å²) in [5.74, 6) is -0.566. The van der Waals surface area contributed by atoms with Crippen LogP contribution in [0, 0.1) is 13.8 Å². The normalized spacial score (nSPS) is 11.2. The van der Waals surface area contributed by atoms with Gasteiger partial charge in [0.2, 0.25) is 5.43 Å². The van der Waals surface area contributed by atoms with Crippen LogP contribution in [-0.2, 0) is 0 Å². The molecule has 0 saturated heterocycles. The number of aryl methyl sites for hydroxylation is 2. The fraction of sp³-hybridized carbons (Fsp3) is 0.111. The number of hydrogen-bond donors (Lipinski definition) is 1. The van der Waals surface area contributed by atoms with E-state index in [0.717, 1.165) is 16.5 Å². The molecule has 0 fully saturated rings. The third-order valence-electron chi connectivity index (χ3n) is 4.16. The van der Waals surface area contributed by atoms with Crippen molar-refractivity contribution in [1.29, 1.82) is 0 Å². The zero-order chi connectivity index (χ0) is 19.3. The van der Waals surface area contributed by atoms with Gasteiger partial charge in [0.05, 0.1) is 31.8 Å². The van der Waals surface area contributed by atoms with Crippen LogP contribution < -0.4 is 5.43 Å². The lowest BCUT2D eigenvalue weighted by Crippen LogP contribution is -2.04. The maximum absolute atomic E-state index is 12.7. The van der Waals surface area contributed by atoms with Crippen LogP contribution >= 0.6 is 58.0 Å². The number of aromatic nitrogens is 1. The molecule has 0 aliphatic rings. The first-order valence-corrected chi connectivity index (χ1v) is 9.20. The summed E-state index contributed by atoms with van der Waals surface area (Å²) in [6.07, 6.45) is 0. The van der Waals surface area contributed by atoms with Gasteiger partial charge in [-0.3, -0.25) is 4.79 Å². The average molecular weight is 450 g/mol. The Balaban J connectivity index is 2.52. The van der Waals surface area contributed by atoms with Gasteiger partial charge in [0.25, 0.3) is 0 Å². The first-order chi connectivity index (χ1) is 12.1. The molecule has 0 bridgehead atoms. The Hall–Kier alpha value is -1.23. The van der Waals surface area contributed by atoms with E-state index >= 15 is 0 Å². The molecule has 0 aliphatic heterocycles. The second kappa shape index (κ2) is 7.06.